The van der Waals surface area contributed by atoms with Crippen LogP contribution in [0.3, 0.4) is 0 Å². The Labute approximate surface area is 152 Å². The van der Waals surface area contributed by atoms with E-state index in [0.717, 1.165) is 0 Å². The summed E-state index contributed by atoms with van der Waals surface area (Å²) in [6.07, 6.45) is -1.27. The third kappa shape index (κ3) is 4.33. The molecule has 1 heterocycles. The molecule has 1 aromatic carbocycles. The number of halogens is 1. The Morgan fingerprint density at radius 1 is 1.35 bits per heavy atom. The first-order valence-electron chi connectivity index (χ1n) is 8.50. The summed E-state index contributed by atoms with van der Waals surface area (Å²) in [6.45, 7) is 10.0. The zero-order valence-corrected chi connectivity index (χ0v) is 16.0. The van der Waals surface area contributed by atoms with E-state index >= 15 is 0 Å². The molecule has 1 amide bonds. The highest BCUT2D eigenvalue weighted by Gasteiger charge is 2.52. The van der Waals surface area contributed by atoms with Gasteiger partial charge in [-0.15, -0.1) is 0 Å². The van der Waals surface area contributed by atoms with E-state index in [2.05, 4.69) is 0 Å². The van der Waals surface area contributed by atoms with Crippen LogP contribution in [0.15, 0.2) is 18.2 Å². The number of phenols is 1. The zero-order valence-electron chi connectivity index (χ0n) is 16.0. The van der Waals surface area contributed by atoms with E-state index in [-0.39, 0.29) is 12.2 Å². The number of hydrogen-bond donors (Lipinski definition) is 1. The summed E-state index contributed by atoms with van der Waals surface area (Å²) >= 11 is 0. The van der Waals surface area contributed by atoms with E-state index in [1.54, 1.807) is 40.7 Å². The van der Waals surface area contributed by atoms with Crippen LogP contribution in [0.1, 0.15) is 47.1 Å². The first-order chi connectivity index (χ1) is 11.8. The number of phenolic OH excluding ortho intramolecular Hbond substituents is 1. The molecule has 0 aliphatic carbocycles. The fourth-order valence-corrected chi connectivity index (χ4v) is 3.12. The molecule has 2 rings (SSSR count). The molecule has 1 aliphatic heterocycles. The molecule has 1 saturated heterocycles. The molecule has 1 aliphatic rings. The second kappa shape index (κ2) is 6.87. The van der Waals surface area contributed by atoms with Crippen molar-refractivity contribution in [3.05, 3.63) is 29.6 Å². The molecule has 1 aromatic rings. The number of carbonyl (C=O) groups excluding carboxylic acids is 2. The molecule has 26 heavy (non-hydrogen) atoms. The van der Waals surface area contributed by atoms with Crippen molar-refractivity contribution in [1.29, 1.82) is 0 Å². The number of aromatic hydroxyl groups is 1. The maximum Gasteiger partial charge on any atom is 0.412 e. The lowest BCUT2D eigenvalue weighted by atomic mass is 9.98. The molecule has 0 bridgehead atoms. The monoisotopic (exact) mass is 367 g/mol. The molecule has 0 saturated carbocycles. The van der Waals surface area contributed by atoms with Gasteiger partial charge in [0.1, 0.15) is 17.4 Å². The largest absolute Gasteiger partial charge is 0.505 e. The van der Waals surface area contributed by atoms with Gasteiger partial charge < -0.3 is 14.6 Å². The van der Waals surface area contributed by atoms with Gasteiger partial charge in [0.25, 0.3) is 0 Å². The molecule has 144 valence electrons. The predicted molar refractivity (Wildman–Crippen MR) is 93.3 cm³/mol. The lowest BCUT2D eigenvalue weighted by Crippen LogP contribution is -2.51. The highest BCUT2D eigenvalue weighted by atomic mass is 19.1. The Balaban J connectivity index is 2.38. The molecule has 7 heteroatoms. The highest BCUT2D eigenvalue weighted by molar-refractivity contribution is 5.83. The molecule has 6 nitrogen and oxygen atoms in total. The quantitative estimate of drug-likeness (QED) is 0.886. The van der Waals surface area contributed by atoms with Crippen LogP contribution in [-0.4, -0.2) is 45.4 Å². The molecule has 2 atom stereocenters. The average molecular weight is 367 g/mol. The van der Waals surface area contributed by atoms with Crippen molar-refractivity contribution in [3.63, 3.8) is 0 Å². The number of rotatable bonds is 3. The first kappa shape index (κ1) is 20.2. The summed E-state index contributed by atoms with van der Waals surface area (Å²) in [7, 11) is 0. The maximum absolute atomic E-state index is 13.7. The molecule has 1 N–H and O–H groups in total. The minimum Gasteiger partial charge on any atom is -0.505 e. The molecule has 0 spiro atoms. The van der Waals surface area contributed by atoms with Gasteiger partial charge in [0.05, 0.1) is 6.04 Å². The van der Waals surface area contributed by atoms with Crippen LogP contribution in [0.5, 0.6) is 5.75 Å². The molecule has 0 aromatic heterocycles. The zero-order chi connectivity index (χ0) is 19.9. The number of Topliss-reactive ketones (excluding diaryl/α,β-unsaturated/α-hetero) is 1. The van der Waals surface area contributed by atoms with Crippen molar-refractivity contribution in [1.82, 2.24) is 4.90 Å². The molecule has 1 fully saturated rings. The van der Waals surface area contributed by atoms with Gasteiger partial charge >= 0.3 is 6.09 Å². The number of carbonyl (C=O) groups is 2. The SMILES string of the molecule is CC(=O)[C@H]1OC(C)(C)N(C(=O)OC(C)(C)C)[C@@H]1Cc1ccc(O)c(F)c1. The van der Waals surface area contributed by atoms with Crippen LogP contribution in [-0.2, 0) is 20.7 Å². The Kier molecular flexibility index (Phi) is 5.33. The third-order valence-corrected chi connectivity index (χ3v) is 4.12. The molecule has 0 radical (unpaired) electrons. The lowest BCUT2D eigenvalue weighted by molar-refractivity contribution is -0.134. The first-order valence-corrected chi connectivity index (χ1v) is 8.50. The van der Waals surface area contributed by atoms with E-state index in [0.29, 0.717) is 5.56 Å². The second-order valence-electron chi connectivity index (χ2n) is 8.00. The average Bonchev–Trinajstić information content (AvgIpc) is 2.72. The van der Waals surface area contributed by atoms with Crippen molar-refractivity contribution < 1.29 is 28.6 Å². The number of benzene rings is 1. The van der Waals surface area contributed by atoms with Crippen LogP contribution in [0, 0.1) is 5.82 Å². The van der Waals surface area contributed by atoms with Gasteiger partial charge in [0, 0.05) is 0 Å². The fraction of sp³-hybridized carbons (Fsp3) is 0.579. The molecular formula is C19H26FNO5. The van der Waals surface area contributed by atoms with Gasteiger partial charge in [-0.25, -0.2) is 9.18 Å². The normalized spacial score (nSPS) is 22.3. The van der Waals surface area contributed by atoms with Crippen molar-refractivity contribution in [2.75, 3.05) is 0 Å². The number of hydrogen-bond acceptors (Lipinski definition) is 5. The van der Waals surface area contributed by atoms with Crippen molar-refractivity contribution in [3.8, 4) is 5.75 Å². The number of ether oxygens (including phenoxy) is 2. The minimum atomic E-state index is -1.06. The smallest absolute Gasteiger partial charge is 0.412 e. The summed E-state index contributed by atoms with van der Waals surface area (Å²) in [5.74, 6) is -1.44. The second-order valence-corrected chi connectivity index (χ2v) is 8.00. The van der Waals surface area contributed by atoms with Crippen LogP contribution < -0.4 is 0 Å². The minimum absolute atomic E-state index is 0.185. The topological polar surface area (TPSA) is 76.1 Å². The summed E-state index contributed by atoms with van der Waals surface area (Å²) in [6, 6.07) is 3.33. The van der Waals surface area contributed by atoms with Crippen LogP contribution in [0.25, 0.3) is 0 Å². The maximum atomic E-state index is 13.7. The summed E-state index contributed by atoms with van der Waals surface area (Å²) in [4.78, 5) is 26.3. The standard InChI is InChI=1S/C19H26FNO5/c1-11(22)16-14(10-12-7-8-15(23)13(20)9-12)21(19(5,6)25-16)17(24)26-18(2,3)4/h7-9,14,16,23H,10H2,1-6H3/t14-,16-/m1/s1. The number of nitrogens with zero attached hydrogens (tertiary/aromatic N) is 1. The Hall–Kier alpha value is -2.15. The van der Waals surface area contributed by atoms with Crippen LogP contribution >= 0.6 is 0 Å². The van der Waals surface area contributed by atoms with Crippen LogP contribution in [0.4, 0.5) is 9.18 Å². The van der Waals surface area contributed by atoms with Gasteiger partial charge in [0.15, 0.2) is 17.3 Å². The summed E-state index contributed by atoms with van der Waals surface area (Å²) in [5, 5.41) is 9.36. The highest BCUT2D eigenvalue weighted by Crippen LogP contribution is 2.36. The van der Waals surface area contributed by atoms with E-state index in [4.69, 9.17) is 9.47 Å². The van der Waals surface area contributed by atoms with Gasteiger partial charge in [-0.2, -0.15) is 0 Å². The van der Waals surface area contributed by atoms with E-state index < -0.39 is 41.1 Å². The van der Waals surface area contributed by atoms with Crippen LogP contribution in [0.2, 0.25) is 0 Å². The number of ketones is 1. The molecule has 0 unspecified atom stereocenters. The summed E-state index contributed by atoms with van der Waals surface area (Å²) < 4.78 is 25.0. The van der Waals surface area contributed by atoms with E-state index in [1.165, 1.54) is 24.0 Å². The predicted octanol–water partition coefficient (Wildman–Crippen LogP) is 3.40. The third-order valence-electron chi connectivity index (χ3n) is 4.12. The van der Waals surface area contributed by atoms with Crippen molar-refractivity contribution in [2.45, 2.75) is 71.4 Å². The molecular weight excluding hydrogens is 341 g/mol. The van der Waals surface area contributed by atoms with Gasteiger partial charge in [-0.05, 0) is 65.7 Å². The Morgan fingerprint density at radius 2 is 1.96 bits per heavy atom. The van der Waals surface area contributed by atoms with Crippen molar-refractivity contribution >= 4 is 11.9 Å². The van der Waals surface area contributed by atoms with E-state index in [9.17, 15) is 19.1 Å². The Morgan fingerprint density at radius 3 is 2.46 bits per heavy atom. The van der Waals surface area contributed by atoms with Gasteiger partial charge in [-0.3, -0.25) is 9.69 Å². The van der Waals surface area contributed by atoms with E-state index in [1.807, 2.05) is 0 Å². The lowest BCUT2D eigenvalue weighted by Gasteiger charge is -2.35. The summed E-state index contributed by atoms with van der Waals surface area (Å²) in [5.41, 5.74) is -1.23. The fourth-order valence-electron chi connectivity index (χ4n) is 3.12. The van der Waals surface area contributed by atoms with Crippen molar-refractivity contribution in [2.24, 2.45) is 0 Å². The van der Waals surface area contributed by atoms with Gasteiger partial charge in [-0.1, -0.05) is 6.07 Å². The Bertz CT molecular complexity index is 710. The number of amides is 1. The van der Waals surface area contributed by atoms with Gasteiger partial charge in [0.2, 0.25) is 0 Å².